The van der Waals surface area contributed by atoms with Gasteiger partial charge in [-0.15, -0.1) is 0 Å². The first kappa shape index (κ1) is 13.6. The molecule has 0 spiro atoms. The molecule has 1 heterocycles. The maximum absolute atomic E-state index is 6.13. The predicted molar refractivity (Wildman–Crippen MR) is 87.3 cm³/mol. The minimum absolute atomic E-state index is 0.470. The van der Waals surface area contributed by atoms with Gasteiger partial charge in [-0.3, -0.25) is 0 Å². The molecule has 3 aromatic rings. The largest absolute Gasteiger partial charge is 0.383 e. The number of hydrogen-bond acceptors (Lipinski definition) is 3. The van der Waals surface area contributed by atoms with Gasteiger partial charge < -0.3 is 5.73 Å². The molecule has 2 aromatic carbocycles. The quantitative estimate of drug-likeness (QED) is 0.789. The van der Waals surface area contributed by atoms with Gasteiger partial charge in [0.05, 0.1) is 5.52 Å². The van der Waals surface area contributed by atoms with Crippen LogP contribution in [0.25, 0.3) is 10.9 Å². The Kier molecular flexibility index (Phi) is 3.57. The highest BCUT2D eigenvalue weighted by Crippen LogP contribution is 2.24. The first-order valence-electron chi connectivity index (χ1n) is 7.23. The zero-order valence-electron chi connectivity index (χ0n) is 12.4. The second-order valence-corrected chi connectivity index (χ2v) is 5.62. The van der Waals surface area contributed by atoms with Crippen LogP contribution in [0, 0.1) is 0 Å². The highest BCUT2D eigenvalue weighted by Gasteiger charge is 2.08. The number of hydrogen-bond donors (Lipinski definition) is 1. The van der Waals surface area contributed by atoms with Gasteiger partial charge in [-0.2, -0.15) is 0 Å². The topological polar surface area (TPSA) is 51.8 Å². The van der Waals surface area contributed by atoms with Crippen LogP contribution in [0.15, 0.2) is 48.5 Å². The Morgan fingerprint density at radius 2 is 1.76 bits per heavy atom. The van der Waals surface area contributed by atoms with Crippen LogP contribution in [0.4, 0.5) is 5.82 Å². The average Bonchev–Trinajstić information content (AvgIpc) is 2.48. The third-order valence-electron chi connectivity index (χ3n) is 3.67. The minimum Gasteiger partial charge on any atom is -0.383 e. The Morgan fingerprint density at radius 3 is 2.48 bits per heavy atom. The molecule has 3 rings (SSSR count). The number of nitrogens with zero attached hydrogens (tertiary/aromatic N) is 2. The van der Waals surface area contributed by atoms with Gasteiger partial charge in [0.1, 0.15) is 11.6 Å². The van der Waals surface area contributed by atoms with E-state index in [9.17, 15) is 0 Å². The van der Waals surface area contributed by atoms with Gasteiger partial charge >= 0.3 is 0 Å². The number of nitrogen functional groups attached to an aromatic ring is 1. The Bertz CT molecular complexity index is 764. The van der Waals surface area contributed by atoms with Gasteiger partial charge in [-0.25, -0.2) is 9.97 Å². The van der Waals surface area contributed by atoms with E-state index < -0.39 is 0 Å². The van der Waals surface area contributed by atoms with Crippen LogP contribution >= 0.6 is 0 Å². The van der Waals surface area contributed by atoms with Crippen LogP contribution in [-0.2, 0) is 6.42 Å². The molecule has 0 aliphatic rings. The molecule has 0 saturated heterocycles. The van der Waals surface area contributed by atoms with Crippen LogP contribution < -0.4 is 5.73 Å². The number of rotatable bonds is 3. The van der Waals surface area contributed by atoms with E-state index in [0.29, 0.717) is 18.2 Å². The fourth-order valence-corrected chi connectivity index (χ4v) is 2.44. The number of benzene rings is 2. The van der Waals surface area contributed by atoms with Crippen molar-refractivity contribution in [1.29, 1.82) is 0 Å². The van der Waals surface area contributed by atoms with Gasteiger partial charge in [-0.1, -0.05) is 50.2 Å². The van der Waals surface area contributed by atoms with Crippen molar-refractivity contribution in [3.63, 3.8) is 0 Å². The lowest BCUT2D eigenvalue weighted by Crippen LogP contribution is -2.02. The molecule has 0 radical (unpaired) electrons. The molecule has 0 atom stereocenters. The molecule has 0 bridgehead atoms. The van der Waals surface area contributed by atoms with Crippen LogP contribution in [-0.4, -0.2) is 9.97 Å². The van der Waals surface area contributed by atoms with Crippen molar-refractivity contribution in [3.05, 3.63) is 65.5 Å². The Labute approximate surface area is 124 Å². The van der Waals surface area contributed by atoms with Crippen LogP contribution in [0.1, 0.15) is 36.7 Å². The van der Waals surface area contributed by atoms with E-state index >= 15 is 0 Å². The molecule has 0 aliphatic carbocycles. The van der Waals surface area contributed by atoms with Gasteiger partial charge in [0.2, 0.25) is 0 Å². The molecule has 2 N–H and O–H groups in total. The maximum atomic E-state index is 6.13. The summed E-state index contributed by atoms with van der Waals surface area (Å²) in [7, 11) is 0. The summed E-state index contributed by atoms with van der Waals surface area (Å²) in [6, 6.07) is 16.5. The summed E-state index contributed by atoms with van der Waals surface area (Å²) in [5, 5.41) is 0.943. The Morgan fingerprint density at radius 1 is 1.00 bits per heavy atom. The summed E-state index contributed by atoms with van der Waals surface area (Å²) in [5.74, 6) is 1.80. The van der Waals surface area contributed by atoms with Crippen molar-refractivity contribution < 1.29 is 0 Å². The van der Waals surface area contributed by atoms with E-state index in [-0.39, 0.29) is 0 Å². The highest BCUT2D eigenvalue weighted by atomic mass is 14.9. The van der Waals surface area contributed by atoms with Crippen LogP contribution in [0.3, 0.4) is 0 Å². The SMILES string of the molecule is CC(C)c1ccc2nc(Cc3ccccc3)nc(N)c2c1. The van der Waals surface area contributed by atoms with Crippen molar-refractivity contribution in [3.8, 4) is 0 Å². The zero-order chi connectivity index (χ0) is 14.8. The number of aromatic nitrogens is 2. The van der Waals surface area contributed by atoms with Crippen molar-refractivity contribution >= 4 is 16.7 Å². The summed E-state index contributed by atoms with van der Waals surface area (Å²) in [5.41, 5.74) is 9.49. The highest BCUT2D eigenvalue weighted by molar-refractivity contribution is 5.88. The first-order chi connectivity index (χ1) is 10.1. The molecular formula is C18H19N3. The molecule has 0 aliphatic heterocycles. The molecule has 21 heavy (non-hydrogen) atoms. The van der Waals surface area contributed by atoms with E-state index in [4.69, 9.17) is 5.73 Å². The summed E-state index contributed by atoms with van der Waals surface area (Å²) >= 11 is 0. The molecular weight excluding hydrogens is 258 g/mol. The van der Waals surface area contributed by atoms with Crippen LogP contribution in [0.2, 0.25) is 0 Å². The van der Waals surface area contributed by atoms with E-state index in [1.807, 2.05) is 24.3 Å². The van der Waals surface area contributed by atoms with Gasteiger partial charge in [0.15, 0.2) is 0 Å². The molecule has 106 valence electrons. The molecule has 0 fully saturated rings. The molecule has 3 heteroatoms. The fourth-order valence-electron chi connectivity index (χ4n) is 2.44. The molecule has 0 amide bonds. The zero-order valence-corrected chi connectivity index (χ0v) is 12.4. The van der Waals surface area contributed by atoms with E-state index in [0.717, 1.165) is 16.7 Å². The van der Waals surface area contributed by atoms with E-state index in [2.05, 4.69) is 48.1 Å². The number of nitrogens with two attached hydrogens (primary N) is 1. The molecule has 1 aromatic heterocycles. The van der Waals surface area contributed by atoms with Crippen LogP contribution in [0.5, 0.6) is 0 Å². The summed E-state index contributed by atoms with van der Waals surface area (Å²) in [6.07, 6.45) is 0.701. The number of fused-ring (bicyclic) bond motifs is 1. The summed E-state index contributed by atoms with van der Waals surface area (Å²) < 4.78 is 0. The second kappa shape index (κ2) is 5.52. The molecule has 0 saturated carbocycles. The summed E-state index contributed by atoms with van der Waals surface area (Å²) in [6.45, 7) is 4.34. The first-order valence-corrected chi connectivity index (χ1v) is 7.23. The van der Waals surface area contributed by atoms with Gasteiger partial charge in [-0.05, 0) is 29.2 Å². The van der Waals surface area contributed by atoms with Crippen molar-refractivity contribution in [2.24, 2.45) is 0 Å². The van der Waals surface area contributed by atoms with Gasteiger partial charge in [0.25, 0.3) is 0 Å². The average molecular weight is 277 g/mol. The monoisotopic (exact) mass is 277 g/mol. The lowest BCUT2D eigenvalue weighted by molar-refractivity contribution is 0.868. The Balaban J connectivity index is 2.01. The van der Waals surface area contributed by atoms with Crippen molar-refractivity contribution in [2.75, 3.05) is 5.73 Å². The second-order valence-electron chi connectivity index (χ2n) is 5.62. The molecule has 3 nitrogen and oxygen atoms in total. The molecule has 0 unspecified atom stereocenters. The maximum Gasteiger partial charge on any atom is 0.135 e. The standard InChI is InChI=1S/C18H19N3/c1-12(2)14-8-9-16-15(11-14)18(19)21-17(20-16)10-13-6-4-3-5-7-13/h3-9,11-12H,10H2,1-2H3,(H2,19,20,21). The van der Waals surface area contributed by atoms with Crippen molar-refractivity contribution in [1.82, 2.24) is 9.97 Å². The summed E-state index contributed by atoms with van der Waals surface area (Å²) in [4.78, 5) is 9.10. The Hall–Kier alpha value is -2.42. The van der Waals surface area contributed by atoms with E-state index in [1.165, 1.54) is 11.1 Å². The normalized spacial score (nSPS) is 11.2. The third kappa shape index (κ3) is 2.87. The third-order valence-corrected chi connectivity index (χ3v) is 3.67. The predicted octanol–water partition coefficient (Wildman–Crippen LogP) is 3.93. The minimum atomic E-state index is 0.470. The van der Waals surface area contributed by atoms with Gasteiger partial charge in [0, 0.05) is 11.8 Å². The van der Waals surface area contributed by atoms with Crippen molar-refractivity contribution in [2.45, 2.75) is 26.2 Å². The number of anilines is 1. The van der Waals surface area contributed by atoms with E-state index in [1.54, 1.807) is 0 Å². The lowest BCUT2D eigenvalue weighted by Gasteiger charge is -2.09. The fraction of sp³-hybridized carbons (Fsp3) is 0.222. The smallest absolute Gasteiger partial charge is 0.135 e. The lowest BCUT2D eigenvalue weighted by atomic mass is 10.0.